The number of hydrogen-bond donors (Lipinski definition) is 2. The van der Waals surface area contributed by atoms with E-state index in [0.29, 0.717) is 6.54 Å². The normalized spacial score (nSPS) is 12.2. The summed E-state index contributed by atoms with van der Waals surface area (Å²) in [6.45, 7) is 2.73. The highest BCUT2D eigenvalue weighted by Crippen LogP contribution is 2.24. The third-order valence-electron chi connectivity index (χ3n) is 3.39. The summed E-state index contributed by atoms with van der Waals surface area (Å²) in [5, 5.41) is 3.54. The maximum Gasteiger partial charge on any atom is 0.0489 e. The molecule has 0 saturated heterocycles. The van der Waals surface area contributed by atoms with Gasteiger partial charge in [-0.25, -0.2) is 0 Å². The molecule has 0 saturated carbocycles. The molecule has 0 aliphatic carbocycles. The topological polar surface area (TPSA) is 38.0 Å². The molecule has 2 rings (SSSR count). The molecule has 0 aliphatic rings. The fourth-order valence-corrected chi connectivity index (χ4v) is 2.57. The Kier molecular flexibility index (Phi) is 5.62. The molecule has 3 heteroatoms. The van der Waals surface area contributed by atoms with Gasteiger partial charge in [-0.05, 0) is 59.0 Å². The fraction of sp³-hybridized carbons (Fsp3) is 0.294. The molecule has 20 heavy (non-hydrogen) atoms. The molecule has 0 spiro atoms. The molecule has 2 nitrogen and oxygen atoms in total. The van der Waals surface area contributed by atoms with Crippen molar-refractivity contribution in [3.05, 3.63) is 64.1 Å². The predicted octanol–water partition coefficient (Wildman–Crippen LogP) is 4.13. The molecule has 1 unspecified atom stereocenters. The molecule has 0 fully saturated rings. The fourth-order valence-electron chi connectivity index (χ4n) is 2.20. The molecule has 106 valence electrons. The van der Waals surface area contributed by atoms with Crippen LogP contribution in [0.5, 0.6) is 0 Å². The molecular weight excluding hydrogens is 312 g/mol. The Bertz CT molecular complexity index is 540. The monoisotopic (exact) mass is 332 g/mol. The van der Waals surface area contributed by atoms with Crippen LogP contribution in [0.3, 0.4) is 0 Å². The van der Waals surface area contributed by atoms with E-state index in [-0.39, 0.29) is 6.04 Å². The zero-order chi connectivity index (χ0) is 14.4. The van der Waals surface area contributed by atoms with E-state index in [1.54, 1.807) is 0 Å². The quantitative estimate of drug-likeness (QED) is 0.834. The average molecular weight is 333 g/mol. The first-order valence-electron chi connectivity index (χ1n) is 6.95. The van der Waals surface area contributed by atoms with Crippen LogP contribution in [0.1, 0.15) is 17.5 Å². The lowest BCUT2D eigenvalue weighted by molar-refractivity contribution is 0.660. The Morgan fingerprint density at radius 1 is 1.15 bits per heavy atom. The second-order valence-electron chi connectivity index (χ2n) is 5.08. The highest BCUT2D eigenvalue weighted by atomic mass is 79.9. The maximum atomic E-state index is 5.90. The van der Waals surface area contributed by atoms with Crippen LogP contribution in [-0.2, 0) is 6.42 Å². The Hall–Kier alpha value is -1.32. The van der Waals surface area contributed by atoms with Gasteiger partial charge in [-0.1, -0.05) is 36.4 Å². The van der Waals surface area contributed by atoms with Gasteiger partial charge in [0.25, 0.3) is 0 Å². The Morgan fingerprint density at radius 3 is 2.60 bits per heavy atom. The van der Waals surface area contributed by atoms with Crippen molar-refractivity contribution < 1.29 is 0 Å². The lowest BCUT2D eigenvalue weighted by Gasteiger charge is -2.19. The average Bonchev–Trinajstić information content (AvgIpc) is 2.48. The standard InChI is InChI=1S/C17H21BrN2/c1-13-7-10-16(18)17(11-13)20-15(12-19)9-8-14-5-3-2-4-6-14/h2-7,10-11,15,20H,8-9,12,19H2,1H3. The first-order valence-corrected chi connectivity index (χ1v) is 7.75. The summed E-state index contributed by atoms with van der Waals surface area (Å²) in [7, 11) is 0. The van der Waals surface area contributed by atoms with E-state index in [4.69, 9.17) is 5.73 Å². The third-order valence-corrected chi connectivity index (χ3v) is 4.08. The van der Waals surface area contributed by atoms with Gasteiger partial charge in [0.15, 0.2) is 0 Å². The van der Waals surface area contributed by atoms with Crippen LogP contribution in [-0.4, -0.2) is 12.6 Å². The molecule has 0 aromatic heterocycles. The first-order chi connectivity index (χ1) is 9.69. The molecule has 2 aromatic carbocycles. The maximum absolute atomic E-state index is 5.90. The summed E-state index contributed by atoms with van der Waals surface area (Å²) in [5.74, 6) is 0. The smallest absolute Gasteiger partial charge is 0.0489 e. The van der Waals surface area contributed by atoms with E-state index in [1.165, 1.54) is 11.1 Å². The number of nitrogens with one attached hydrogen (secondary N) is 1. The van der Waals surface area contributed by atoms with Crippen molar-refractivity contribution in [1.29, 1.82) is 0 Å². The van der Waals surface area contributed by atoms with Gasteiger partial charge < -0.3 is 11.1 Å². The lowest BCUT2D eigenvalue weighted by atomic mass is 10.0. The molecule has 0 heterocycles. The van der Waals surface area contributed by atoms with Crippen molar-refractivity contribution in [2.24, 2.45) is 5.73 Å². The minimum absolute atomic E-state index is 0.285. The van der Waals surface area contributed by atoms with Crippen LogP contribution in [0, 0.1) is 6.92 Å². The second-order valence-corrected chi connectivity index (χ2v) is 5.94. The van der Waals surface area contributed by atoms with Crippen LogP contribution >= 0.6 is 15.9 Å². The zero-order valence-electron chi connectivity index (χ0n) is 11.8. The number of anilines is 1. The van der Waals surface area contributed by atoms with Crippen LogP contribution < -0.4 is 11.1 Å². The molecule has 0 amide bonds. The number of aryl methyl sites for hydroxylation is 2. The molecule has 3 N–H and O–H groups in total. The summed E-state index contributed by atoms with van der Waals surface area (Å²) < 4.78 is 1.08. The molecule has 0 bridgehead atoms. The van der Waals surface area contributed by atoms with Crippen molar-refractivity contribution >= 4 is 21.6 Å². The third kappa shape index (κ3) is 4.36. The van der Waals surface area contributed by atoms with E-state index >= 15 is 0 Å². The highest BCUT2D eigenvalue weighted by molar-refractivity contribution is 9.10. The second kappa shape index (κ2) is 7.46. The molecule has 0 aliphatic heterocycles. The van der Waals surface area contributed by atoms with Gasteiger partial charge in [-0.15, -0.1) is 0 Å². The molecule has 0 radical (unpaired) electrons. The van der Waals surface area contributed by atoms with Gasteiger partial charge >= 0.3 is 0 Å². The number of hydrogen-bond acceptors (Lipinski definition) is 2. The van der Waals surface area contributed by atoms with Gasteiger partial charge in [0, 0.05) is 22.7 Å². The van der Waals surface area contributed by atoms with Gasteiger partial charge in [0.1, 0.15) is 0 Å². The van der Waals surface area contributed by atoms with Crippen LogP contribution in [0.15, 0.2) is 53.0 Å². The van der Waals surface area contributed by atoms with Crippen molar-refractivity contribution in [1.82, 2.24) is 0 Å². The van der Waals surface area contributed by atoms with Crippen LogP contribution in [0.2, 0.25) is 0 Å². The number of halogens is 1. The van der Waals surface area contributed by atoms with Gasteiger partial charge in [0.05, 0.1) is 0 Å². The predicted molar refractivity (Wildman–Crippen MR) is 90.1 cm³/mol. The number of nitrogens with two attached hydrogens (primary N) is 1. The summed E-state index contributed by atoms with van der Waals surface area (Å²) in [6.07, 6.45) is 2.07. The minimum Gasteiger partial charge on any atom is -0.380 e. The van der Waals surface area contributed by atoms with Gasteiger partial charge in [0.2, 0.25) is 0 Å². The largest absolute Gasteiger partial charge is 0.380 e. The Balaban J connectivity index is 1.97. The summed E-state index contributed by atoms with van der Waals surface area (Å²) in [5.41, 5.74) is 9.62. The number of benzene rings is 2. The highest BCUT2D eigenvalue weighted by Gasteiger charge is 2.09. The van der Waals surface area contributed by atoms with E-state index in [1.807, 2.05) is 6.07 Å². The first kappa shape index (κ1) is 15.1. The Labute approximate surface area is 129 Å². The SMILES string of the molecule is Cc1ccc(Br)c(NC(CN)CCc2ccccc2)c1. The zero-order valence-corrected chi connectivity index (χ0v) is 13.4. The molecule has 1 atom stereocenters. The number of rotatable bonds is 6. The van der Waals surface area contributed by atoms with E-state index < -0.39 is 0 Å². The van der Waals surface area contributed by atoms with Crippen molar-refractivity contribution in [3.8, 4) is 0 Å². The summed E-state index contributed by atoms with van der Waals surface area (Å²) in [6, 6.07) is 17.1. The molecule has 2 aromatic rings. The van der Waals surface area contributed by atoms with Gasteiger partial charge in [-0.2, -0.15) is 0 Å². The lowest BCUT2D eigenvalue weighted by Crippen LogP contribution is -2.29. The summed E-state index contributed by atoms with van der Waals surface area (Å²) >= 11 is 3.58. The van der Waals surface area contributed by atoms with Crippen molar-refractivity contribution in [2.45, 2.75) is 25.8 Å². The van der Waals surface area contributed by atoms with Gasteiger partial charge in [-0.3, -0.25) is 0 Å². The van der Waals surface area contributed by atoms with Crippen LogP contribution in [0.4, 0.5) is 5.69 Å². The van der Waals surface area contributed by atoms with Crippen LogP contribution in [0.25, 0.3) is 0 Å². The van der Waals surface area contributed by atoms with E-state index in [0.717, 1.165) is 23.0 Å². The van der Waals surface area contributed by atoms with Crippen molar-refractivity contribution in [2.75, 3.05) is 11.9 Å². The van der Waals surface area contributed by atoms with E-state index in [2.05, 4.69) is 70.6 Å². The summed E-state index contributed by atoms with van der Waals surface area (Å²) in [4.78, 5) is 0. The molecular formula is C17H21BrN2. The Morgan fingerprint density at radius 2 is 1.90 bits per heavy atom. The minimum atomic E-state index is 0.285. The van der Waals surface area contributed by atoms with Crippen molar-refractivity contribution in [3.63, 3.8) is 0 Å². The van der Waals surface area contributed by atoms with E-state index in [9.17, 15) is 0 Å².